The first-order chi connectivity index (χ1) is 9.60. The zero-order valence-electron chi connectivity index (χ0n) is 11.6. The van der Waals surface area contributed by atoms with Crippen LogP contribution >= 0.6 is 0 Å². The fraction of sp³-hybridized carbons (Fsp3) is 0.429. The quantitative estimate of drug-likeness (QED) is 0.670. The summed E-state index contributed by atoms with van der Waals surface area (Å²) in [6.07, 6.45) is -0.0543. The van der Waals surface area contributed by atoms with Crippen LogP contribution in [-0.4, -0.2) is 44.2 Å². The topological polar surface area (TPSA) is 84.9 Å². The van der Waals surface area contributed by atoms with Crippen molar-refractivity contribution < 1.29 is 24.2 Å². The van der Waals surface area contributed by atoms with Crippen LogP contribution in [0.5, 0.6) is 11.5 Å². The van der Waals surface area contributed by atoms with Gasteiger partial charge in [0.05, 0.1) is 27.2 Å². The SMILES string of the molecule is COc1ccc(CC(=O)CC(=O)NCCO)cc1OC. The number of rotatable bonds is 8. The maximum Gasteiger partial charge on any atom is 0.227 e. The van der Waals surface area contributed by atoms with Gasteiger partial charge in [0.1, 0.15) is 5.78 Å². The number of ketones is 1. The van der Waals surface area contributed by atoms with Crippen LogP contribution in [-0.2, 0) is 16.0 Å². The molecule has 0 aliphatic carbocycles. The van der Waals surface area contributed by atoms with Crippen LogP contribution in [0.1, 0.15) is 12.0 Å². The van der Waals surface area contributed by atoms with Gasteiger partial charge >= 0.3 is 0 Å². The van der Waals surface area contributed by atoms with E-state index in [9.17, 15) is 9.59 Å². The lowest BCUT2D eigenvalue weighted by Crippen LogP contribution is -2.28. The van der Waals surface area contributed by atoms with Gasteiger partial charge in [0.15, 0.2) is 11.5 Å². The summed E-state index contributed by atoms with van der Waals surface area (Å²) >= 11 is 0. The number of nitrogens with one attached hydrogen (secondary N) is 1. The highest BCUT2D eigenvalue weighted by Gasteiger charge is 2.11. The monoisotopic (exact) mass is 281 g/mol. The van der Waals surface area contributed by atoms with E-state index in [0.29, 0.717) is 11.5 Å². The molecule has 0 atom stereocenters. The van der Waals surface area contributed by atoms with Crippen molar-refractivity contribution in [2.24, 2.45) is 0 Å². The lowest BCUT2D eigenvalue weighted by molar-refractivity contribution is -0.127. The average molecular weight is 281 g/mol. The first-order valence-electron chi connectivity index (χ1n) is 6.21. The van der Waals surface area contributed by atoms with Gasteiger partial charge in [-0.3, -0.25) is 9.59 Å². The minimum atomic E-state index is -0.385. The van der Waals surface area contributed by atoms with Crippen molar-refractivity contribution in [1.29, 1.82) is 0 Å². The van der Waals surface area contributed by atoms with Crippen molar-refractivity contribution in [3.8, 4) is 11.5 Å². The Morgan fingerprint density at radius 2 is 1.90 bits per heavy atom. The molecule has 110 valence electrons. The third kappa shape index (κ3) is 4.89. The summed E-state index contributed by atoms with van der Waals surface area (Å²) in [4.78, 5) is 23.1. The van der Waals surface area contributed by atoms with Gasteiger partial charge in [-0.2, -0.15) is 0 Å². The lowest BCUT2D eigenvalue weighted by Gasteiger charge is -2.09. The van der Waals surface area contributed by atoms with E-state index in [-0.39, 0.29) is 37.7 Å². The summed E-state index contributed by atoms with van der Waals surface area (Å²) in [7, 11) is 3.06. The first-order valence-corrected chi connectivity index (χ1v) is 6.21. The number of aliphatic hydroxyl groups is 1. The number of methoxy groups -OCH3 is 2. The minimum Gasteiger partial charge on any atom is -0.493 e. The van der Waals surface area contributed by atoms with Gasteiger partial charge in [-0.15, -0.1) is 0 Å². The maximum absolute atomic E-state index is 11.7. The third-order valence-electron chi connectivity index (χ3n) is 2.64. The normalized spacial score (nSPS) is 9.95. The predicted octanol–water partition coefficient (Wildman–Crippen LogP) is 0.314. The molecule has 0 radical (unpaired) electrons. The Kier molecular flexibility index (Phi) is 6.52. The van der Waals surface area contributed by atoms with Crippen molar-refractivity contribution in [1.82, 2.24) is 5.32 Å². The zero-order valence-corrected chi connectivity index (χ0v) is 11.6. The van der Waals surface area contributed by atoms with Gasteiger partial charge < -0.3 is 19.9 Å². The molecule has 0 saturated carbocycles. The molecule has 0 aliphatic heterocycles. The van der Waals surface area contributed by atoms with E-state index >= 15 is 0 Å². The number of carbonyl (C=O) groups excluding carboxylic acids is 2. The summed E-state index contributed by atoms with van der Waals surface area (Å²) in [6, 6.07) is 5.18. The summed E-state index contributed by atoms with van der Waals surface area (Å²) in [6.45, 7) is 0.0120. The third-order valence-corrected chi connectivity index (χ3v) is 2.64. The molecule has 0 heterocycles. The number of hydrogen-bond donors (Lipinski definition) is 2. The van der Waals surface area contributed by atoms with E-state index in [4.69, 9.17) is 14.6 Å². The number of carbonyl (C=O) groups is 2. The fourth-order valence-corrected chi connectivity index (χ4v) is 1.72. The molecule has 1 aromatic carbocycles. The van der Waals surface area contributed by atoms with E-state index in [0.717, 1.165) is 5.56 Å². The summed E-state index contributed by atoms with van der Waals surface area (Å²) in [5.74, 6) is 0.545. The molecule has 0 bridgehead atoms. The summed E-state index contributed by atoms with van der Waals surface area (Å²) in [5.41, 5.74) is 0.752. The predicted molar refractivity (Wildman–Crippen MR) is 73.0 cm³/mol. The summed E-state index contributed by atoms with van der Waals surface area (Å²) < 4.78 is 10.3. The van der Waals surface area contributed by atoms with Crippen LogP contribution in [0.4, 0.5) is 0 Å². The van der Waals surface area contributed by atoms with Crippen molar-refractivity contribution in [3.05, 3.63) is 23.8 Å². The fourth-order valence-electron chi connectivity index (χ4n) is 1.72. The molecule has 6 heteroatoms. The molecular weight excluding hydrogens is 262 g/mol. The Hall–Kier alpha value is -2.08. The molecule has 0 aliphatic rings. The lowest BCUT2D eigenvalue weighted by atomic mass is 10.1. The molecule has 1 amide bonds. The number of benzene rings is 1. The van der Waals surface area contributed by atoms with E-state index in [2.05, 4.69) is 5.32 Å². The van der Waals surface area contributed by atoms with Crippen LogP contribution in [0.2, 0.25) is 0 Å². The number of aliphatic hydroxyl groups excluding tert-OH is 1. The van der Waals surface area contributed by atoms with Crippen molar-refractivity contribution in [2.45, 2.75) is 12.8 Å². The highest BCUT2D eigenvalue weighted by Crippen LogP contribution is 2.27. The van der Waals surface area contributed by atoms with Crippen LogP contribution in [0, 0.1) is 0 Å². The largest absolute Gasteiger partial charge is 0.493 e. The highest BCUT2D eigenvalue weighted by atomic mass is 16.5. The minimum absolute atomic E-state index is 0.143. The molecule has 20 heavy (non-hydrogen) atoms. The number of hydrogen-bond acceptors (Lipinski definition) is 5. The van der Waals surface area contributed by atoms with Crippen LogP contribution < -0.4 is 14.8 Å². The van der Waals surface area contributed by atoms with Gasteiger partial charge in [0, 0.05) is 13.0 Å². The van der Waals surface area contributed by atoms with Crippen LogP contribution in [0.25, 0.3) is 0 Å². The summed E-state index contributed by atoms with van der Waals surface area (Å²) in [5, 5.41) is 11.0. The second-order valence-electron chi connectivity index (χ2n) is 4.16. The van der Waals surface area contributed by atoms with E-state index < -0.39 is 0 Å². The molecular formula is C14H19NO5. The number of ether oxygens (including phenoxy) is 2. The molecule has 1 rings (SSSR count). The number of amides is 1. The Bertz CT molecular complexity index is 473. The first kappa shape index (κ1) is 16.0. The highest BCUT2D eigenvalue weighted by molar-refractivity contribution is 5.98. The molecule has 2 N–H and O–H groups in total. The Morgan fingerprint density at radius 3 is 2.50 bits per heavy atom. The standard InChI is InChI=1S/C14H19NO5/c1-19-12-4-3-10(8-13(12)20-2)7-11(17)9-14(18)15-5-6-16/h3-4,8,16H,5-7,9H2,1-2H3,(H,15,18). The van der Waals surface area contributed by atoms with E-state index in [1.165, 1.54) is 14.2 Å². The van der Waals surface area contributed by atoms with Crippen molar-refractivity contribution >= 4 is 11.7 Å². The average Bonchev–Trinajstić information content (AvgIpc) is 2.44. The molecule has 0 fully saturated rings. The Labute approximate surface area is 117 Å². The van der Waals surface area contributed by atoms with Crippen LogP contribution in [0.15, 0.2) is 18.2 Å². The van der Waals surface area contributed by atoms with Gasteiger partial charge in [0.25, 0.3) is 0 Å². The van der Waals surface area contributed by atoms with Gasteiger partial charge in [-0.05, 0) is 17.7 Å². The van der Waals surface area contributed by atoms with Gasteiger partial charge in [-0.25, -0.2) is 0 Å². The zero-order chi connectivity index (χ0) is 15.0. The molecule has 6 nitrogen and oxygen atoms in total. The van der Waals surface area contributed by atoms with E-state index in [1.54, 1.807) is 18.2 Å². The van der Waals surface area contributed by atoms with Crippen LogP contribution in [0.3, 0.4) is 0 Å². The van der Waals surface area contributed by atoms with Crippen molar-refractivity contribution in [2.75, 3.05) is 27.4 Å². The van der Waals surface area contributed by atoms with E-state index in [1.807, 2.05) is 0 Å². The number of Topliss-reactive ketones (excluding diaryl/α,β-unsaturated/α-hetero) is 1. The van der Waals surface area contributed by atoms with Gasteiger partial charge in [-0.1, -0.05) is 6.07 Å². The Balaban J connectivity index is 2.59. The van der Waals surface area contributed by atoms with Gasteiger partial charge in [0.2, 0.25) is 5.91 Å². The van der Waals surface area contributed by atoms with Crippen molar-refractivity contribution in [3.63, 3.8) is 0 Å². The smallest absolute Gasteiger partial charge is 0.227 e. The molecule has 0 aromatic heterocycles. The molecule has 0 saturated heterocycles. The molecule has 0 spiro atoms. The second-order valence-corrected chi connectivity index (χ2v) is 4.16. The molecule has 1 aromatic rings. The maximum atomic E-state index is 11.7. The molecule has 0 unspecified atom stereocenters. The Morgan fingerprint density at radius 1 is 1.20 bits per heavy atom. The second kappa shape index (κ2) is 8.16.